The SMILES string of the molecule is CC(C)(C)CC(C)(C)c1cc(C(C)(C)c2ccc(O)c(C(C)(C)CC(C)(C)C)c2)ccc1O. The van der Waals surface area contributed by atoms with Crippen LogP contribution in [0.5, 0.6) is 11.5 Å². The summed E-state index contributed by atoms with van der Waals surface area (Å²) in [5.74, 6) is 0.725. The lowest BCUT2D eigenvalue weighted by Crippen LogP contribution is -2.27. The van der Waals surface area contributed by atoms with E-state index in [-0.39, 0.29) is 27.1 Å². The van der Waals surface area contributed by atoms with Crippen LogP contribution in [-0.4, -0.2) is 10.2 Å². The summed E-state index contributed by atoms with van der Waals surface area (Å²) in [7, 11) is 0. The third-order valence-electron chi connectivity index (χ3n) is 6.84. The molecule has 2 aromatic rings. The molecular formula is C31H48O2. The summed E-state index contributed by atoms with van der Waals surface area (Å²) in [5.41, 5.74) is 4.07. The zero-order valence-corrected chi connectivity index (χ0v) is 23.3. The second kappa shape index (κ2) is 8.67. The number of rotatable bonds is 6. The van der Waals surface area contributed by atoms with Crippen LogP contribution >= 0.6 is 0 Å². The fourth-order valence-electron chi connectivity index (χ4n) is 5.94. The second-order valence-corrected chi connectivity index (χ2v) is 14.3. The van der Waals surface area contributed by atoms with Gasteiger partial charge in [-0.3, -0.25) is 0 Å². The minimum absolute atomic E-state index is 0.150. The van der Waals surface area contributed by atoms with E-state index in [1.54, 1.807) is 0 Å². The molecule has 0 aliphatic carbocycles. The highest BCUT2D eigenvalue weighted by Gasteiger charge is 2.34. The normalized spacial score (nSPS) is 13.9. The molecule has 2 N–H and O–H groups in total. The van der Waals surface area contributed by atoms with Crippen molar-refractivity contribution in [3.63, 3.8) is 0 Å². The maximum Gasteiger partial charge on any atom is 0.119 e. The van der Waals surface area contributed by atoms with Gasteiger partial charge in [0.1, 0.15) is 11.5 Å². The molecule has 0 saturated carbocycles. The van der Waals surface area contributed by atoms with Crippen molar-refractivity contribution in [1.29, 1.82) is 0 Å². The first-order chi connectivity index (χ1) is 14.7. The molecule has 0 aliphatic heterocycles. The average Bonchev–Trinajstić information content (AvgIpc) is 2.57. The van der Waals surface area contributed by atoms with Crippen molar-refractivity contribution < 1.29 is 10.2 Å². The van der Waals surface area contributed by atoms with E-state index >= 15 is 0 Å². The Morgan fingerprint density at radius 2 is 0.818 bits per heavy atom. The molecule has 0 atom stereocenters. The lowest BCUT2D eigenvalue weighted by Gasteiger charge is -2.36. The minimum atomic E-state index is -0.277. The highest BCUT2D eigenvalue weighted by molar-refractivity contribution is 5.50. The molecular weight excluding hydrogens is 404 g/mol. The predicted molar refractivity (Wildman–Crippen MR) is 143 cm³/mol. The molecule has 0 fully saturated rings. The van der Waals surface area contributed by atoms with Crippen molar-refractivity contribution in [2.45, 2.75) is 112 Å². The van der Waals surface area contributed by atoms with Gasteiger partial charge in [-0.1, -0.05) is 107 Å². The predicted octanol–water partition coefficient (Wildman–Crippen LogP) is 8.85. The van der Waals surface area contributed by atoms with Gasteiger partial charge in [-0.15, -0.1) is 0 Å². The van der Waals surface area contributed by atoms with Crippen molar-refractivity contribution in [2.24, 2.45) is 10.8 Å². The third-order valence-corrected chi connectivity index (χ3v) is 6.84. The molecule has 0 unspecified atom stereocenters. The van der Waals surface area contributed by atoms with Crippen LogP contribution in [-0.2, 0) is 16.2 Å². The largest absolute Gasteiger partial charge is 0.508 e. The van der Waals surface area contributed by atoms with Gasteiger partial charge < -0.3 is 10.2 Å². The summed E-state index contributed by atoms with van der Waals surface area (Å²) in [4.78, 5) is 0. The van der Waals surface area contributed by atoms with E-state index in [2.05, 4.69) is 95.2 Å². The second-order valence-electron chi connectivity index (χ2n) is 14.3. The van der Waals surface area contributed by atoms with Crippen LogP contribution in [0.1, 0.15) is 118 Å². The summed E-state index contributed by atoms with van der Waals surface area (Å²) >= 11 is 0. The molecule has 0 bridgehead atoms. The molecule has 0 amide bonds. The Morgan fingerprint density at radius 3 is 1.09 bits per heavy atom. The van der Waals surface area contributed by atoms with Gasteiger partial charge in [-0.25, -0.2) is 0 Å². The summed E-state index contributed by atoms with van der Waals surface area (Å²) in [6.45, 7) is 26.8. The Labute approximate surface area is 203 Å². The molecule has 184 valence electrons. The fraction of sp³-hybridized carbons (Fsp3) is 0.613. The number of phenolic OH excluding ortho intramolecular Hbond substituents is 2. The summed E-state index contributed by atoms with van der Waals surface area (Å²) in [6.07, 6.45) is 1.95. The molecule has 0 aliphatic rings. The van der Waals surface area contributed by atoms with Crippen LogP contribution in [0.25, 0.3) is 0 Å². The van der Waals surface area contributed by atoms with Gasteiger partial charge in [0, 0.05) is 5.41 Å². The fourth-order valence-corrected chi connectivity index (χ4v) is 5.94. The van der Waals surface area contributed by atoms with Crippen molar-refractivity contribution in [1.82, 2.24) is 0 Å². The van der Waals surface area contributed by atoms with Gasteiger partial charge in [-0.2, -0.15) is 0 Å². The Hall–Kier alpha value is -1.96. The first-order valence-corrected chi connectivity index (χ1v) is 12.3. The lowest BCUT2D eigenvalue weighted by atomic mass is 9.68. The van der Waals surface area contributed by atoms with E-state index in [1.807, 2.05) is 24.3 Å². The smallest absolute Gasteiger partial charge is 0.119 e. The average molecular weight is 453 g/mol. The standard InChI is InChI=1S/C31H48O2/c1-27(2,3)19-29(7,8)23-17-21(13-15-25(23)32)31(11,12)22-14-16-26(33)24(18-22)30(9,10)20-28(4,5)6/h13-18,32-33H,19-20H2,1-12H3. The van der Waals surface area contributed by atoms with Crippen LogP contribution in [0.3, 0.4) is 0 Å². The monoisotopic (exact) mass is 452 g/mol. The number of phenols is 2. The van der Waals surface area contributed by atoms with Crippen molar-refractivity contribution >= 4 is 0 Å². The van der Waals surface area contributed by atoms with E-state index in [0.717, 1.165) is 24.0 Å². The Kier molecular flexibility index (Phi) is 7.17. The third kappa shape index (κ3) is 6.55. The Morgan fingerprint density at radius 1 is 0.515 bits per heavy atom. The van der Waals surface area contributed by atoms with Crippen LogP contribution < -0.4 is 0 Å². The van der Waals surface area contributed by atoms with Gasteiger partial charge >= 0.3 is 0 Å². The molecule has 0 heterocycles. The zero-order chi connectivity index (χ0) is 25.6. The van der Waals surface area contributed by atoms with E-state index in [1.165, 1.54) is 11.1 Å². The topological polar surface area (TPSA) is 40.5 Å². The zero-order valence-electron chi connectivity index (χ0n) is 23.3. The van der Waals surface area contributed by atoms with E-state index in [0.29, 0.717) is 11.5 Å². The summed E-state index contributed by atoms with van der Waals surface area (Å²) in [6, 6.07) is 12.2. The molecule has 0 saturated heterocycles. The van der Waals surface area contributed by atoms with Gasteiger partial charge in [0.15, 0.2) is 0 Å². The number of hydrogen-bond acceptors (Lipinski definition) is 2. The maximum absolute atomic E-state index is 10.8. The van der Waals surface area contributed by atoms with Crippen LogP contribution in [0.4, 0.5) is 0 Å². The Bertz CT molecular complexity index is 899. The first kappa shape index (κ1) is 27.3. The molecule has 2 rings (SSSR count). The van der Waals surface area contributed by atoms with Crippen molar-refractivity contribution in [3.8, 4) is 11.5 Å². The van der Waals surface area contributed by atoms with E-state index in [9.17, 15) is 10.2 Å². The van der Waals surface area contributed by atoms with Crippen LogP contribution in [0, 0.1) is 10.8 Å². The van der Waals surface area contributed by atoms with Gasteiger partial charge in [-0.05, 0) is 68.9 Å². The molecule has 2 heteroatoms. The number of aromatic hydroxyl groups is 2. The molecule has 2 aromatic carbocycles. The maximum atomic E-state index is 10.8. The van der Waals surface area contributed by atoms with Crippen molar-refractivity contribution in [3.05, 3.63) is 58.7 Å². The van der Waals surface area contributed by atoms with Gasteiger partial charge in [0.05, 0.1) is 0 Å². The van der Waals surface area contributed by atoms with Gasteiger partial charge in [0.2, 0.25) is 0 Å². The Balaban J connectivity index is 2.57. The van der Waals surface area contributed by atoms with Crippen LogP contribution in [0.2, 0.25) is 0 Å². The molecule has 0 aromatic heterocycles. The number of hydrogen-bond donors (Lipinski definition) is 2. The first-order valence-electron chi connectivity index (χ1n) is 12.3. The van der Waals surface area contributed by atoms with E-state index < -0.39 is 0 Å². The van der Waals surface area contributed by atoms with Gasteiger partial charge in [0.25, 0.3) is 0 Å². The molecule has 33 heavy (non-hydrogen) atoms. The van der Waals surface area contributed by atoms with E-state index in [4.69, 9.17) is 0 Å². The summed E-state index contributed by atoms with van der Waals surface area (Å²) < 4.78 is 0. The molecule has 0 spiro atoms. The van der Waals surface area contributed by atoms with Crippen molar-refractivity contribution in [2.75, 3.05) is 0 Å². The summed E-state index contributed by atoms with van der Waals surface area (Å²) in [5, 5.41) is 21.5. The highest BCUT2D eigenvalue weighted by atomic mass is 16.3. The lowest BCUT2D eigenvalue weighted by molar-refractivity contribution is 0.278. The quantitative estimate of drug-likeness (QED) is 0.459. The molecule has 0 radical (unpaired) electrons. The number of benzene rings is 2. The van der Waals surface area contributed by atoms with Crippen LogP contribution in [0.15, 0.2) is 36.4 Å². The highest BCUT2D eigenvalue weighted by Crippen LogP contribution is 2.45. The minimum Gasteiger partial charge on any atom is -0.508 e. The molecule has 2 nitrogen and oxygen atoms in total.